The van der Waals surface area contributed by atoms with Crippen LogP contribution in [-0.2, 0) is 9.59 Å². The van der Waals surface area contributed by atoms with E-state index >= 15 is 0 Å². The molecule has 0 aromatic heterocycles. The first-order valence-corrected chi connectivity index (χ1v) is 6.40. The monoisotopic (exact) mass is 348 g/mol. The van der Waals surface area contributed by atoms with Crippen molar-refractivity contribution in [2.45, 2.75) is 50.6 Å². The van der Waals surface area contributed by atoms with E-state index in [0.29, 0.717) is 0 Å². The van der Waals surface area contributed by atoms with E-state index in [-0.39, 0.29) is 54.2 Å². The number of carbonyl (C=O) groups is 2. The van der Waals surface area contributed by atoms with Crippen LogP contribution in [0.1, 0.15) is 38.5 Å². The van der Waals surface area contributed by atoms with Crippen molar-refractivity contribution in [2.24, 2.45) is 23.3 Å². The first kappa shape index (κ1) is 25.4. The summed E-state index contributed by atoms with van der Waals surface area (Å²) in [5.41, 5.74) is 11.0. The standard InChI is InChI=1S/2C6H11NO2.2ClH.H2O/c2*7-5-3-1-2-4(5)6(8)9;;;/h2*4-5H,1-3,7H2,(H,8,9);2*1H;1H2/t2*4-,5+;;;/m11.../s1. The zero-order valence-electron chi connectivity index (χ0n) is 11.7. The van der Waals surface area contributed by atoms with E-state index in [0.717, 1.165) is 38.5 Å². The van der Waals surface area contributed by atoms with E-state index in [4.69, 9.17) is 21.7 Å². The summed E-state index contributed by atoms with van der Waals surface area (Å²) in [7, 11) is 0. The topological polar surface area (TPSA) is 158 Å². The number of carboxylic acid groups (broad SMARTS) is 2. The second kappa shape index (κ2) is 12.0. The number of nitrogens with two attached hydrogens (primary N) is 2. The third kappa shape index (κ3) is 7.82. The van der Waals surface area contributed by atoms with Gasteiger partial charge in [0.15, 0.2) is 0 Å². The molecule has 0 amide bonds. The summed E-state index contributed by atoms with van der Waals surface area (Å²) in [6.45, 7) is 0. The Hall–Kier alpha value is -0.600. The van der Waals surface area contributed by atoms with Crippen LogP contribution >= 0.6 is 24.8 Å². The summed E-state index contributed by atoms with van der Waals surface area (Å²) < 4.78 is 0. The Morgan fingerprint density at radius 3 is 1.14 bits per heavy atom. The van der Waals surface area contributed by atoms with Gasteiger partial charge >= 0.3 is 11.9 Å². The molecule has 0 saturated heterocycles. The average molecular weight is 349 g/mol. The maximum atomic E-state index is 10.3. The van der Waals surface area contributed by atoms with Crippen LogP contribution < -0.4 is 11.5 Å². The molecule has 0 heterocycles. The molecule has 0 aromatic carbocycles. The highest BCUT2D eigenvalue weighted by atomic mass is 35.5. The highest BCUT2D eigenvalue weighted by Crippen LogP contribution is 2.24. The van der Waals surface area contributed by atoms with Crippen LogP contribution in [0.4, 0.5) is 0 Å². The van der Waals surface area contributed by atoms with Crippen LogP contribution in [0.25, 0.3) is 0 Å². The summed E-state index contributed by atoms with van der Waals surface area (Å²) in [4.78, 5) is 20.7. The molecule has 0 unspecified atom stereocenters. The Balaban J connectivity index is -0.000000270. The van der Waals surface area contributed by atoms with Crippen molar-refractivity contribution >= 4 is 36.8 Å². The second-order valence-electron chi connectivity index (χ2n) is 5.08. The van der Waals surface area contributed by atoms with E-state index in [1.165, 1.54) is 0 Å². The SMILES string of the molecule is Cl.Cl.N[C@H]1CCC[C@H]1C(=O)O.N[C@H]1CCC[C@H]1C(=O)O.O. The molecule has 8 N–H and O–H groups in total. The largest absolute Gasteiger partial charge is 0.481 e. The minimum absolute atomic E-state index is 0. The zero-order chi connectivity index (χ0) is 13.7. The van der Waals surface area contributed by atoms with Crippen LogP contribution in [0.15, 0.2) is 0 Å². The fourth-order valence-corrected chi connectivity index (χ4v) is 2.59. The lowest BCUT2D eigenvalue weighted by Crippen LogP contribution is -2.30. The quantitative estimate of drug-likeness (QED) is 0.565. The van der Waals surface area contributed by atoms with Crippen molar-refractivity contribution < 1.29 is 25.3 Å². The summed E-state index contributed by atoms with van der Waals surface area (Å²) in [6, 6.07) is -0.190. The predicted molar refractivity (Wildman–Crippen MR) is 84.0 cm³/mol. The van der Waals surface area contributed by atoms with E-state index in [1.807, 2.05) is 0 Å². The maximum Gasteiger partial charge on any atom is 0.308 e. The molecule has 0 bridgehead atoms. The smallest absolute Gasteiger partial charge is 0.308 e. The fraction of sp³-hybridized carbons (Fsp3) is 0.833. The van der Waals surface area contributed by atoms with Gasteiger partial charge in [0.1, 0.15) is 0 Å². The molecule has 2 rings (SSSR count). The van der Waals surface area contributed by atoms with Gasteiger partial charge in [-0.2, -0.15) is 0 Å². The van der Waals surface area contributed by atoms with E-state index in [1.54, 1.807) is 0 Å². The molecule has 2 fully saturated rings. The Bertz CT molecular complexity index is 290. The Morgan fingerprint density at radius 1 is 0.762 bits per heavy atom. The van der Waals surface area contributed by atoms with Gasteiger partial charge in [0.2, 0.25) is 0 Å². The molecule has 21 heavy (non-hydrogen) atoms. The zero-order valence-corrected chi connectivity index (χ0v) is 13.4. The van der Waals surface area contributed by atoms with Gasteiger partial charge in [-0.25, -0.2) is 0 Å². The van der Waals surface area contributed by atoms with Crippen LogP contribution in [0, 0.1) is 11.8 Å². The van der Waals surface area contributed by atoms with Gasteiger partial charge in [-0.15, -0.1) is 24.8 Å². The van der Waals surface area contributed by atoms with Crippen LogP contribution in [0.3, 0.4) is 0 Å². The fourth-order valence-electron chi connectivity index (χ4n) is 2.59. The van der Waals surface area contributed by atoms with Crippen LogP contribution in [0.2, 0.25) is 0 Å². The molecule has 7 nitrogen and oxygen atoms in total. The maximum absolute atomic E-state index is 10.3. The van der Waals surface area contributed by atoms with Crippen molar-refractivity contribution in [3.63, 3.8) is 0 Å². The predicted octanol–water partition coefficient (Wildman–Crippen LogP) is 0.416. The molecule has 0 aromatic rings. The lowest BCUT2D eigenvalue weighted by molar-refractivity contribution is -0.142. The lowest BCUT2D eigenvalue weighted by Gasteiger charge is -2.07. The molecule has 0 aliphatic heterocycles. The minimum Gasteiger partial charge on any atom is -0.481 e. The molecule has 4 atom stereocenters. The van der Waals surface area contributed by atoms with Gasteiger partial charge in [0.25, 0.3) is 0 Å². The number of carboxylic acids is 2. The Kier molecular flexibility index (Phi) is 14.5. The van der Waals surface area contributed by atoms with Gasteiger partial charge in [0.05, 0.1) is 11.8 Å². The second-order valence-corrected chi connectivity index (χ2v) is 5.08. The van der Waals surface area contributed by atoms with E-state index in [9.17, 15) is 9.59 Å². The van der Waals surface area contributed by atoms with Gasteiger partial charge < -0.3 is 27.2 Å². The summed E-state index contributed by atoms with van der Waals surface area (Å²) in [5.74, 6) is -2.02. The third-order valence-corrected chi connectivity index (χ3v) is 3.77. The number of hydrogen-bond acceptors (Lipinski definition) is 4. The summed E-state index contributed by atoms with van der Waals surface area (Å²) >= 11 is 0. The van der Waals surface area contributed by atoms with Gasteiger partial charge in [-0.05, 0) is 25.7 Å². The van der Waals surface area contributed by atoms with Gasteiger partial charge in [-0.1, -0.05) is 12.8 Å². The van der Waals surface area contributed by atoms with E-state index < -0.39 is 11.9 Å². The number of aliphatic carboxylic acids is 2. The molecule has 128 valence electrons. The number of hydrogen-bond donors (Lipinski definition) is 4. The number of halogens is 2. The Morgan fingerprint density at radius 2 is 1.05 bits per heavy atom. The minimum atomic E-state index is -0.736. The van der Waals surface area contributed by atoms with Crippen LogP contribution in [-0.4, -0.2) is 39.7 Å². The molecular weight excluding hydrogens is 323 g/mol. The van der Waals surface area contributed by atoms with Crippen molar-refractivity contribution in [3.8, 4) is 0 Å². The molecule has 0 radical (unpaired) electrons. The van der Waals surface area contributed by atoms with Gasteiger partial charge in [-0.3, -0.25) is 9.59 Å². The highest BCUT2D eigenvalue weighted by Gasteiger charge is 2.30. The number of rotatable bonds is 2. The molecule has 0 spiro atoms. The van der Waals surface area contributed by atoms with Crippen molar-refractivity contribution in [3.05, 3.63) is 0 Å². The van der Waals surface area contributed by atoms with Crippen molar-refractivity contribution in [1.82, 2.24) is 0 Å². The average Bonchev–Trinajstić information content (AvgIpc) is 2.87. The Labute approximate surface area is 136 Å². The lowest BCUT2D eigenvalue weighted by atomic mass is 10.1. The summed E-state index contributed by atoms with van der Waals surface area (Å²) in [6.07, 6.45) is 5.21. The first-order chi connectivity index (χ1) is 8.43. The van der Waals surface area contributed by atoms with E-state index in [2.05, 4.69) is 0 Å². The first-order valence-electron chi connectivity index (χ1n) is 6.40. The molecule has 2 aliphatic carbocycles. The highest BCUT2D eigenvalue weighted by molar-refractivity contribution is 5.85. The molecule has 9 heteroatoms. The van der Waals surface area contributed by atoms with Gasteiger partial charge in [0, 0.05) is 12.1 Å². The molecule has 2 aliphatic rings. The summed E-state index contributed by atoms with van der Waals surface area (Å²) in [5, 5.41) is 17.0. The van der Waals surface area contributed by atoms with Crippen molar-refractivity contribution in [1.29, 1.82) is 0 Å². The third-order valence-electron chi connectivity index (χ3n) is 3.77. The molecular formula is C12H26Cl2N2O5. The van der Waals surface area contributed by atoms with Crippen molar-refractivity contribution in [2.75, 3.05) is 0 Å². The van der Waals surface area contributed by atoms with Crippen LogP contribution in [0.5, 0.6) is 0 Å². The normalized spacial score (nSPS) is 29.8. The molecule has 2 saturated carbocycles.